The highest BCUT2D eigenvalue weighted by molar-refractivity contribution is 5.58. The quantitative estimate of drug-likeness (QED) is 0.286. The highest BCUT2D eigenvalue weighted by atomic mass is 19.1. The smallest absolute Gasteiger partial charge is 0.307 e. The predicted octanol–water partition coefficient (Wildman–Crippen LogP) is 1.02. The number of rotatable bonds is 1. The van der Waals surface area contributed by atoms with Crippen LogP contribution in [-0.4, -0.2) is 10.0 Å². The molecule has 0 aliphatic rings. The number of nitrogen functional groups attached to an aromatic ring is 1. The molecule has 1 aromatic carbocycles. The van der Waals surface area contributed by atoms with Gasteiger partial charge in [0.2, 0.25) is 5.82 Å². The van der Waals surface area contributed by atoms with Crippen molar-refractivity contribution >= 4 is 11.4 Å². The number of phenolic OH excluding ortho intramolecular Hbond substituents is 1. The Bertz CT molecular complexity index is 340. The van der Waals surface area contributed by atoms with Crippen LogP contribution in [0.2, 0.25) is 0 Å². The number of nitrogens with zero attached hydrogens (tertiary/aromatic N) is 1. The van der Waals surface area contributed by atoms with E-state index < -0.39 is 22.2 Å². The molecule has 0 bridgehead atoms. The van der Waals surface area contributed by atoms with E-state index in [1.54, 1.807) is 0 Å². The zero-order chi connectivity index (χ0) is 9.30. The Hall–Kier alpha value is -1.85. The number of aromatic hydroxyl groups is 1. The minimum Gasteiger partial charge on any atom is -0.506 e. The Balaban J connectivity index is 3.33. The molecule has 5 nitrogen and oxygen atoms in total. The van der Waals surface area contributed by atoms with Gasteiger partial charge in [0.15, 0.2) is 0 Å². The van der Waals surface area contributed by atoms with E-state index in [1.807, 2.05) is 0 Å². The Morgan fingerprint density at radius 2 is 2.17 bits per heavy atom. The lowest BCUT2D eigenvalue weighted by Gasteiger charge is -1.98. The molecule has 0 aromatic heterocycles. The lowest BCUT2D eigenvalue weighted by Crippen LogP contribution is -1.95. The third-order valence-corrected chi connectivity index (χ3v) is 1.29. The maximum atomic E-state index is 12.6. The summed E-state index contributed by atoms with van der Waals surface area (Å²) in [6.07, 6.45) is 0. The van der Waals surface area contributed by atoms with Crippen molar-refractivity contribution in [3.63, 3.8) is 0 Å². The Morgan fingerprint density at radius 1 is 1.58 bits per heavy atom. The number of halogens is 1. The summed E-state index contributed by atoms with van der Waals surface area (Å²) in [6.45, 7) is 0. The Labute approximate surface area is 66.4 Å². The highest BCUT2D eigenvalue weighted by Crippen LogP contribution is 2.27. The van der Waals surface area contributed by atoms with Gasteiger partial charge >= 0.3 is 5.69 Å². The van der Waals surface area contributed by atoms with Gasteiger partial charge in [0.25, 0.3) is 0 Å². The molecule has 6 heteroatoms. The molecule has 0 aliphatic carbocycles. The van der Waals surface area contributed by atoms with Gasteiger partial charge in [-0.05, 0) is 0 Å². The molecule has 0 saturated heterocycles. The van der Waals surface area contributed by atoms with Crippen LogP contribution in [0.5, 0.6) is 5.75 Å². The van der Waals surface area contributed by atoms with Gasteiger partial charge in [0, 0.05) is 12.1 Å². The molecule has 0 fully saturated rings. The van der Waals surface area contributed by atoms with Crippen molar-refractivity contribution in [2.75, 3.05) is 5.73 Å². The van der Waals surface area contributed by atoms with E-state index in [1.165, 1.54) is 0 Å². The number of hydrogen-bond donors (Lipinski definition) is 2. The number of nitro groups is 1. The van der Waals surface area contributed by atoms with Crippen molar-refractivity contribution in [1.29, 1.82) is 0 Å². The lowest BCUT2D eigenvalue weighted by molar-refractivity contribution is -0.387. The summed E-state index contributed by atoms with van der Waals surface area (Å²) in [5.74, 6) is -1.61. The third-order valence-electron chi connectivity index (χ3n) is 1.29. The summed E-state index contributed by atoms with van der Waals surface area (Å²) < 4.78 is 12.6. The number of nitrogens with two attached hydrogens (primary N) is 1. The van der Waals surface area contributed by atoms with Gasteiger partial charge in [0.1, 0.15) is 5.75 Å². The van der Waals surface area contributed by atoms with Crippen molar-refractivity contribution < 1.29 is 14.4 Å². The summed E-state index contributed by atoms with van der Waals surface area (Å²) >= 11 is 0. The van der Waals surface area contributed by atoms with E-state index in [0.717, 1.165) is 6.07 Å². The van der Waals surface area contributed by atoms with Gasteiger partial charge in [-0.3, -0.25) is 10.1 Å². The van der Waals surface area contributed by atoms with Crippen LogP contribution in [0.15, 0.2) is 12.1 Å². The average molecular weight is 172 g/mol. The monoisotopic (exact) mass is 172 g/mol. The predicted molar refractivity (Wildman–Crippen MR) is 39.1 cm³/mol. The zero-order valence-electron chi connectivity index (χ0n) is 5.82. The number of phenols is 1. The first-order valence-corrected chi connectivity index (χ1v) is 2.94. The summed E-state index contributed by atoms with van der Waals surface area (Å²) in [7, 11) is 0. The van der Waals surface area contributed by atoms with Crippen molar-refractivity contribution in [3.05, 3.63) is 28.1 Å². The minimum absolute atomic E-state index is 0.219. The Morgan fingerprint density at radius 3 is 2.67 bits per heavy atom. The number of anilines is 1. The standard InChI is InChI=1S/C6H5FN2O3/c7-3-1-6(10)4(8)2-5(3)9(11)12/h1-2,10H,8H2. The molecular formula is C6H5FN2O3. The second kappa shape index (κ2) is 2.65. The van der Waals surface area contributed by atoms with E-state index in [0.29, 0.717) is 6.07 Å². The summed E-state index contributed by atoms with van der Waals surface area (Å²) in [5, 5.41) is 18.9. The molecule has 0 heterocycles. The molecule has 0 spiro atoms. The maximum absolute atomic E-state index is 12.6. The van der Waals surface area contributed by atoms with Gasteiger partial charge in [-0.15, -0.1) is 0 Å². The van der Waals surface area contributed by atoms with E-state index in [9.17, 15) is 14.5 Å². The normalized spacial score (nSPS) is 9.75. The minimum atomic E-state index is -1.10. The van der Waals surface area contributed by atoms with E-state index >= 15 is 0 Å². The van der Waals surface area contributed by atoms with Crippen molar-refractivity contribution in [2.24, 2.45) is 0 Å². The number of benzene rings is 1. The van der Waals surface area contributed by atoms with Crippen molar-refractivity contribution in [3.8, 4) is 5.75 Å². The van der Waals surface area contributed by atoms with Crippen molar-refractivity contribution in [2.45, 2.75) is 0 Å². The summed E-state index contributed by atoms with van der Waals surface area (Å²) in [4.78, 5) is 9.20. The molecule has 0 unspecified atom stereocenters. The van der Waals surface area contributed by atoms with Crippen LogP contribution in [0.4, 0.5) is 15.8 Å². The summed E-state index contributed by atoms with van der Waals surface area (Å²) in [6, 6.07) is 1.37. The number of nitro benzene ring substituents is 1. The molecule has 3 N–H and O–H groups in total. The number of hydrogen-bond acceptors (Lipinski definition) is 4. The van der Waals surface area contributed by atoms with Crippen LogP contribution in [0, 0.1) is 15.9 Å². The van der Waals surface area contributed by atoms with Crippen LogP contribution >= 0.6 is 0 Å². The first-order chi connectivity index (χ1) is 5.52. The molecule has 0 saturated carbocycles. The van der Waals surface area contributed by atoms with Gasteiger partial charge in [-0.2, -0.15) is 4.39 Å². The van der Waals surface area contributed by atoms with E-state index in [2.05, 4.69) is 0 Å². The molecule has 0 amide bonds. The van der Waals surface area contributed by atoms with E-state index in [4.69, 9.17) is 10.8 Å². The SMILES string of the molecule is Nc1cc([N+](=O)[O-])c(F)cc1O. The second-order valence-corrected chi connectivity index (χ2v) is 2.12. The zero-order valence-corrected chi connectivity index (χ0v) is 5.82. The lowest BCUT2D eigenvalue weighted by atomic mass is 10.2. The first-order valence-electron chi connectivity index (χ1n) is 2.94. The van der Waals surface area contributed by atoms with Gasteiger partial charge in [-0.25, -0.2) is 0 Å². The highest BCUT2D eigenvalue weighted by Gasteiger charge is 2.16. The fourth-order valence-electron chi connectivity index (χ4n) is 0.707. The molecular weight excluding hydrogens is 167 g/mol. The van der Waals surface area contributed by atoms with Gasteiger partial charge < -0.3 is 10.8 Å². The van der Waals surface area contributed by atoms with E-state index in [-0.39, 0.29) is 5.69 Å². The topological polar surface area (TPSA) is 89.4 Å². The fraction of sp³-hybridized carbons (Fsp3) is 0. The maximum Gasteiger partial charge on any atom is 0.307 e. The molecule has 0 radical (unpaired) electrons. The largest absolute Gasteiger partial charge is 0.506 e. The second-order valence-electron chi connectivity index (χ2n) is 2.12. The first kappa shape index (κ1) is 8.25. The van der Waals surface area contributed by atoms with Crippen LogP contribution < -0.4 is 5.73 Å². The molecule has 64 valence electrons. The Kier molecular flexibility index (Phi) is 1.82. The van der Waals surface area contributed by atoms with Crippen LogP contribution in [0.25, 0.3) is 0 Å². The van der Waals surface area contributed by atoms with Crippen LogP contribution in [0.1, 0.15) is 0 Å². The fourth-order valence-corrected chi connectivity index (χ4v) is 0.707. The van der Waals surface area contributed by atoms with Gasteiger partial charge in [-0.1, -0.05) is 0 Å². The molecule has 0 aliphatic heterocycles. The third kappa shape index (κ3) is 1.26. The average Bonchev–Trinajstić information content (AvgIpc) is 1.96. The van der Waals surface area contributed by atoms with Crippen molar-refractivity contribution in [1.82, 2.24) is 0 Å². The van der Waals surface area contributed by atoms with Crippen LogP contribution in [0.3, 0.4) is 0 Å². The molecule has 0 atom stereocenters. The van der Waals surface area contributed by atoms with Crippen LogP contribution in [-0.2, 0) is 0 Å². The molecule has 12 heavy (non-hydrogen) atoms. The summed E-state index contributed by atoms with van der Waals surface area (Å²) in [5.41, 5.74) is 4.14. The molecule has 1 aromatic rings. The molecule has 1 rings (SSSR count). The van der Waals surface area contributed by atoms with Gasteiger partial charge in [0.05, 0.1) is 10.6 Å².